The van der Waals surface area contributed by atoms with E-state index in [2.05, 4.69) is 17.1 Å². The summed E-state index contributed by atoms with van der Waals surface area (Å²) in [6.45, 7) is 0. The summed E-state index contributed by atoms with van der Waals surface area (Å²) in [6, 6.07) is 8.46. The highest BCUT2D eigenvalue weighted by Gasteiger charge is 2.31. The van der Waals surface area contributed by atoms with Crippen molar-refractivity contribution in [3.8, 4) is 0 Å². The van der Waals surface area contributed by atoms with Crippen LogP contribution in [0.3, 0.4) is 0 Å². The van der Waals surface area contributed by atoms with Crippen LogP contribution in [0.15, 0.2) is 24.3 Å². The van der Waals surface area contributed by atoms with Crippen molar-refractivity contribution in [2.75, 3.05) is 11.5 Å². The second-order valence-electron chi connectivity index (χ2n) is 5.47. The largest absolute Gasteiger partial charge is 0.311 e. The molecule has 0 spiro atoms. The van der Waals surface area contributed by atoms with Crippen LogP contribution in [-0.4, -0.2) is 23.6 Å². The Kier molecular flexibility index (Phi) is 3.90. The Morgan fingerprint density at radius 1 is 1.00 bits per heavy atom. The zero-order valence-electron chi connectivity index (χ0n) is 10.6. The van der Waals surface area contributed by atoms with E-state index in [1.54, 1.807) is 12.1 Å². The topological polar surface area (TPSA) is 12.0 Å². The van der Waals surface area contributed by atoms with Gasteiger partial charge >= 0.3 is 0 Å². The fourth-order valence-corrected chi connectivity index (χ4v) is 4.07. The van der Waals surface area contributed by atoms with Gasteiger partial charge in [-0.3, -0.25) is 0 Å². The minimum absolute atomic E-state index is 0.132. The van der Waals surface area contributed by atoms with E-state index in [0.717, 1.165) is 6.04 Å². The fourth-order valence-electron chi connectivity index (χ4n) is 2.96. The summed E-state index contributed by atoms with van der Waals surface area (Å²) in [4.78, 5) is 0. The van der Waals surface area contributed by atoms with Crippen LogP contribution in [0.4, 0.5) is 4.39 Å². The van der Waals surface area contributed by atoms with Crippen LogP contribution in [0.1, 0.15) is 37.2 Å². The molecular formula is C15H20FNS. The van der Waals surface area contributed by atoms with Crippen molar-refractivity contribution in [3.63, 3.8) is 0 Å². The zero-order valence-corrected chi connectivity index (χ0v) is 11.4. The van der Waals surface area contributed by atoms with Crippen molar-refractivity contribution >= 4 is 11.8 Å². The summed E-state index contributed by atoms with van der Waals surface area (Å²) in [6.07, 6.45) is 5.08. The first-order chi connectivity index (χ1) is 8.81. The van der Waals surface area contributed by atoms with Crippen LogP contribution in [-0.2, 0) is 0 Å². The van der Waals surface area contributed by atoms with Crippen molar-refractivity contribution in [3.05, 3.63) is 35.6 Å². The van der Waals surface area contributed by atoms with E-state index >= 15 is 0 Å². The lowest BCUT2D eigenvalue weighted by Crippen LogP contribution is -2.46. The van der Waals surface area contributed by atoms with Gasteiger partial charge in [0.2, 0.25) is 0 Å². The second kappa shape index (κ2) is 5.62. The first kappa shape index (κ1) is 12.5. The SMILES string of the molecule is Fc1ccc(C2CC(NC3CCSCC3)C2)cc1. The molecule has 0 amide bonds. The van der Waals surface area contributed by atoms with Gasteiger partial charge in [0, 0.05) is 12.1 Å². The number of nitrogens with one attached hydrogen (secondary N) is 1. The number of benzene rings is 1. The molecule has 18 heavy (non-hydrogen) atoms. The van der Waals surface area contributed by atoms with Gasteiger partial charge in [-0.1, -0.05) is 12.1 Å². The lowest BCUT2D eigenvalue weighted by atomic mass is 9.75. The van der Waals surface area contributed by atoms with Crippen LogP contribution in [0.25, 0.3) is 0 Å². The molecule has 1 N–H and O–H groups in total. The van der Waals surface area contributed by atoms with Crippen LogP contribution in [0.2, 0.25) is 0 Å². The van der Waals surface area contributed by atoms with Crippen molar-refractivity contribution in [2.45, 2.75) is 43.7 Å². The van der Waals surface area contributed by atoms with Gasteiger partial charge in [-0.15, -0.1) is 0 Å². The van der Waals surface area contributed by atoms with E-state index in [9.17, 15) is 4.39 Å². The summed E-state index contributed by atoms with van der Waals surface area (Å²) in [5.74, 6) is 3.13. The minimum atomic E-state index is -0.132. The molecule has 98 valence electrons. The molecule has 1 saturated heterocycles. The van der Waals surface area contributed by atoms with E-state index in [-0.39, 0.29) is 5.82 Å². The molecule has 1 nitrogen and oxygen atoms in total. The molecular weight excluding hydrogens is 245 g/mol. The van der Waals surface area contributed by atoms with Crippen molar-refractivity contribution in [1.82, 2.24) is 5.32 Å². The van der Waals surface area contributed by atoms with Gasteiger partial charge < -0.3 is 5.32 Å². The third kappa shape index (κ3) is 2.89. The average Bonchev–Trinajstić information content (AvgIpc) is 2.36. The van der Waals surface area contributed by atoms with E-state index in [1.165, 1.54) is 42.8 Å². The Hall–Kier alpha value is -0.540. The molecule has 1 aliphatic heterocycles. The number of halogens is 1. The predicted molar refractivity (Wildman–Crippen MR) is 75.6 cm³/mol. The maximum atomic E-state index is 12.8. The molecule has 1 heterocycles. The molecule has 2 aliphatic rings. The summed E-state index contributed by atoms with van der Waals surface area (Å²) in [5.41, 5.74) is 1.30. The highest BCUT2D eigenvalue weighted by molar-refractivity contribution is 7.99. The van der Waals surface area contributed by atoms with Crippen LogP contribution < -0.4 is 5.32 Å². The van der Waals surface area contributed by atoms with Gasteiger partial charge in [0.15, 0.2) is 0 Å². The number of hydrogen-bond donors (Lipinski definition) is 1. The molecule has 1 aliphatic carbocycles. The third-order valence-electron chi connectivity index (χ3n) is 4.17. The van der Waals surface area contributed by atoms with E-state index in [0.29, 0.717) is 12.0 Å². The monoisotopic (exact) mass is 265 g/mol. The van der Waals surface area contributed by atoms with Crippen LogP contribution >= 0.6 is 11.8 Å². The normalized spacial score (nSPS) is 28.9. The quantitative estimate of drug-likeness (QED) is 0.897. The summed E-state index contributed by atoms with van der Waals surface area (Å²) >= 11 is 2.07. The Morgan fingerprint density at radius 2 is 1.67 bits per heavy atom. The lowest BCUT2D eigenvalue weighted by Gasteiger charge is -2.39. The van der Waals surface area contributed by atoms with E-state index < -0.39 is 0 Å². The summed E-state index contributed by atoms with van der Waals surface area (Å²) < 4.78 is 12.8. The second-order valence-corrected chi connectivity index (χ2v) is 6.69. The molecule has 0 aromatic heterocycles. The smallest absolute Gasteiger partial charge is 0.123 e. The summed E-state index contributed by atoms with van der Waals surface area (Å²) in [5, 5.41) is 3.78. The van der Waals surface area contributed by atoms with Gasteiger partial charge in [0.05, 0.1) is 0 Å². The highest BCUT2D eigenvalue weighted by Crippen LogP contribution is 2.37. The Bertz CT molecular complexity index is 380. The van der Waals surface area contributed by atoms with Gasteiger partial charge in [-0.2, -0.15) is 11.8 Å². The predicted octanol–water partition coefficient (Wildman–Crippen LogP) is 3.56. The van der Waals surface area contributed by atoms with E-state index in [1.807, 2.05) is 12.1 Å². The molecule has 1 saturated carbocycles. The van der Waals surface area contributed by atoms with Crippen molar-refractivity contribution < 1.29 is 4.39 Å². The minimum Gasteiger partial charge on any atom is -0.311 e. The molecule has 0 atom stereocenters. The molecule has 0 unspecified atom stereocenters. The fraction of sp³-hybridized carbons (Fsp3) is 0.600. The number of thioether (sulfide) groups is 1. The summed E-state index contributed by atoms with van der Waals surface area (Å²) in [7, 11) is 0. The number of hydrogen-bond acceptors (Lipinski definition) is 2. The molecule has 0 bridgehead atoms. The van der Waals surface area contributed by atoms with E-state index in [4.69, 9.17) is 0 Å². The Balaban J connectivity index is 1.46. The molecule has 1 aromatic rings. The molecule has 3 heteroatoms. The van der Waals surface area contributed by atoms with Crippen LogP contribution in [0.5, 0.6) is 0 Å². The Labute approximate surface area is 113 Å². The third-order valence-corrected chi connectivity index (χ3v) is 5.22. The van der Waals surface area contributed by atoms with Crippen molar-refractivity contribution in [2.24, 2.45) is 0 Å². The molecule has 2 fully saturated rings. The maximum absolute atomic E-state index is 12.8. The maximum Gasteiger partial charge on any atom is 0.123 e. The highest BCUT2D eigenvalue weighted by atomic mass is 32.2. The van der Waals surface area contributed by atoms with Gasteiger partial charge in [0.1, 0.15) is 5.82 Å². The van der Waals surface area contributed by atoms with Gasteiger partial charge in [0.25, 0.3) is 0 Å². The zero-order chi connectivity index (χ0) is 12.4. The standard InChI is InChI=1S/C15H20FNS/c16-13-3-1-11(2-4-13)12-9-15(10-12)17-14-5-7-18-8-6-14/h1-4,12,14-15,17H,5-10H2. The first-order valence-corrected chi connectivity index (χ1v) is 8.06. The molecule has 3 rings (SSSR count). The van der Waals surface area contributed by atoms with Crippen molar-refractivity contribution in [1.29, 1.82) is 0 Å². The number of rotatable bonds is 3. The van der Waals surface area contributed by atoms with Crippen LogP contribution in [0, 0.1) is 5.82 Å². The first-order valence-electron chi connectivity index (χ1n) is 6.90. The molecule has 0 radical (unpaired) electrons. The van der Waals surface area contributed by atoms with Gasteiger partial charge in [-0.05, 0) is 60.8 Å². The molecule has 1 aromatic carbocycles. The average molecular weight is 265 g/mol. The van der Waals surface area contributed by atoms with Gasteiger partial charge in [-0.25, -0.2) is 4.39 Å². The Morgan fingerprint density at radius 3 is 2.33 bits per heavy atom. The lowest BCUT2D eigenvalue weighted by molar-refractivity contribution is 0.258.